The summed E-state index contributed by atoms with van der Waals surface area (Å²) in [5, 5.41) is 6.50. The maximum Gasteiger partial charge on any atom is 0.249 e. The van der Waals surface area contributed by atoms with Gasteiger partial charge in [-0.05, 0) is 24.1 Å². The van der Waals surface area contributed by atoms with Crippen LogP contribution in [0.5, 0.6) is 11.5 Å². The van der Waals surface area contributed by atoms with Crippen LogP contribution in [0.4, 0.5) is 0 Å². The molecule has 1 aromatic carbocycles. The number of methoxy groups -OCH3 is 2. The fourth-order valence-electron chi connectivity index (χ4n) is 1.68. The topological polar surface area (TPSA) is 89.0 Å². The van der Waals surface area contributed by atoms with E-state index in [-0.39, 0.29) is 12.3 Å². The zero-order valence-electron chi connectivity index (χ0n) is 13.9. The first-order valence-corrected chi connectivity index (χ1v) is 7.27. The number of hydrogen-bond acceptors (Lipinski definition) is 5. The maximum absolute atomic E-state index is 11.6. The van der Waals surface area contributed by atoms with E-state index in [0.717, 1.165) is 0 Å². The van der Waals surface area contributed by atoms with Crippen LogP contribution in [0.15, 0.2) is 23.3 Å². The summed E-state index contributed by atoms with van der Waals surface area (Å²) in [5.74, 6) is 0.764. The highest BCUT2D eigenvalue weighted by atomic mass is 16.5. The van der Waals surface area contributed by atoms with Crippen molar-refractivity contribution < 1.29 is 19.1 Å². The number of benzene rings is 1. The summed E-state index contributed by atoms with van der Waals surface area (Å²) in [6.45, 7) is 4.49. The maximum atomic E-state index is 11.6. The Hall–Kier alpha value is -2.57. The number of carbonyl (C=O) groups is 2. The van der Waals surface area contributed by atoms with Gasteiger partial charge in [-0.15, -0.1) is 0 Å². The average molecular weight is 321 g/mol. The minimum absolute atomic E-state index is 0.265. The minimum atomic E-state index is -0.482. The van der Waals surface area contributed by atoms with Crippen molar-refractivity contribution in [2.75, 3.05) is 20.8 Å². The van der Waals surface area contributed by atoms with Crippen molar-refractivity contribution in [2.24, 2.45) is 11.0 Å². The van der Waals surface area contributed by atoms with Crippen LogP contribution in [0.25, 0.3) is 0 Å². The van der Waals surface area contributed by atoms with E-state index in [1.54, 1.807) is 25.3 Å². The van der Waals surface area contributed by atoms with Crippen molar-refractivity contribution in [3.05, 3.63) is 23.8 Å². The van der Waals surface area contributed by atoms with Gasteiger partial charge in [-0.2, -0.15) is 5.10 Å². The summed E-state index contributed by atoms with van der Waals surface area (Å²) in [7, 11) is 3.09. The number of rotatable bonds is 8. The van der Waals surface area contributed by atoms with Gasteiger partial charge in [0.05, 0.1) is 20.4 Å². The second-order valence-electron chi connectivity index (χ2n) is 5.28. The van der Waals surface area contributed by atoms with E-state index in [0.29, 0.717) is 29.5 Å². The molecule has 0 bridgehead atoms. The van der Waals surface area contributed by atoms with Gasteiger partial charge in [-0.25, -0.2) is 5.43 Å². The molecule has 0 spiro atoms. The first-order valence-electron chi connectivity index (χ1n) is 7.27. The van der Waals surface area contributed by atoms with Crippen molar-refractivity contribution >= 4 is 18.0 Å². The van der Waals surface area contributed by atoms with Crippen molar-refractivity contribution in [2.45, 2.75) is 20.3 Å². The van der Waals surface area contributed by atoms with Crippen molar-refractivity contribution in [3.63, 3.8) is 0 Å². The Balaban J connectivity index is 2.55. The number of carbonyl (C=O) groups excluding carboxylic acids is 2. The summed E-state index contributed by atoms with van der Waals surface area (Å²) in [6, 6.07) is 5.22. The molecule has 0 heterocycles. The first-order chi connectivity index (χ1) is 11.0. The number of nitrogens with one attached hydrogen (secondary N) is 2. The SMILES string of the molecule is COc1ccc(OC)c(/C=N\NC(=O)CC(=O)NCC(C)C)c1. The Labute approximate surface area is 136 Å². The molecule has 2 amide bonds. The molecule has 0 radical (unpaired) electrons. The lowest BCUT2D eigenvalue weighted by molar-refractivity contribution is -0.129. The Morgan fingerprint density at radius 1 is 1.22 bits per heavy atom. The van der Waals surface area contributed by atoms with Crippen LogP contribution in [-0.4, -0.2) is 38.8 Å². The molecule has 0 aromatic heterocycles. The molecule has 7 heteroatoms. The van der Waals surface area contributed by atoms with Gasteiger partial charge < -0.3 is 14.8 Å². The van der Waals surface area contributed by atoms with E-state index in [9.17, 15) is 9.59 Å². The third kappa shape index (κ3) is 6.82. The average Bonchev–Trinajstić information content (AvgIpc) is 2.52. The first kappa shape index (κ1) is 18.5. The zero-order valence-corrected chi connectivity index (χ0v) is 13.9. The summed E-state index contributed by atoms with van der Waals surface area (Å²) >= 11 is 0. The molecule has 0 saturated heterocycles. The van der Waals surface area contributed by atoms with E-state index in [4.69, 9.17) is 9.47 Å². The van der Waals surface area contributed by atoms with Gasteiger partial charge in [-0.3, -0.25) is 9.59 Å². The lowest BCUT2D eigenvalue weighted by atomic mass is 10.2. The Kier molecular flexibility index (Phi) is 7.59. The number of amides is 2. The fraction of sp³-hybridized carbons (Fsp3) is 0.438. The fourth-order valence-corrected chi connectivity index (χ4v) is 1.68. The molecule has 0 fully saturated rings. The third-order valence-electron chi connectivity index (χ3n) is 2.86. The monoisotopic (exact) mass is 321 g/mol. The molecular weight excluding hydrogens is 298 g/mol. The number of hydrazone groups is 1. The molecule has 0 aliphatic rings. The molecule has 126 valence electrons. The van der Waals surface area contributed by atoms with Gasteiger partial charge >= 0.3 is 0 Å². The summed E-state index contributed by atoms with van der Waals surface area (Å²) in [4.78, 5) is 23.1. The lowest BCUT2D eigenvalue weighted by Gasteiger charge is -2.07. The van der Waals surface area contributed by atoms with Crippen LogP contribution >= 0.6 is 0 Å². The molecule has 1 aromatic rings. The van der Waals surface area contributed by atoms with E-state index in [1.807, 2.05) is 13.8 Å². The highest BCUT2D eigenvalue weighted by molar-refractivity contribution is 5.97. The van der Waals surface area contributed by atoms with E-state index in [2.05, 4.69) is 15.8 Å². The molecule has 2 N–H and O–H groups in total. The van der Waals surface area contributed by atoms with Gasteiger partial charge in [0.2, 0.25) is 11.8 Å². The highest BCUT2D eigenvalue weighted by Gasteiger charge is 2.09. The van der Waals surface area contributed by atoms with Crippen LogP contribution in [-0.2, 0) is 9.59 Å². The van der Waals surface area contributed by atoms with Gasteiger partial charge in [0.15, 0.2) is 0 Å². The van der Waals surface area contributed by atoms with Crippen LogP contribution in [0, 0.1) is 5.92 Å². The normalized spacial score (nSPS) is 10.7. The number of hydrogen-bond donors (Lipinski definition) is 2. The molecule has 0 aliphatic carbocycles. The van der Waals surface area contributed by atoms with Crippen molar-refractivity contribution in [1.82, 2.24) is 10.7 Å². The quantitative estimate of drug-likeness (QED) is 0.429. The van der Waals surface area contributed by atoms with E-state index >= 15 is 0 Å². The molecule has 1 rings (SSSR count). The van der Waals surface area contributed by atoms with Crippen LogP contribution in [0.1, 0.15) is 25.8 Å². The predicted molar refractivity (Wildman–Crippen MR) is 87.7 cm³/mol. The van der Waals surface area contributed by atoms with Crippen molar-refractivity contribution in [3.8, 4) is 11.5 Å². The van der Waals surface area contributed by atoms with Crippen LogP contribution < -0.4 is 20.2 Å². The summed E-state index contributed by atoms with van der Waals surface area (Å²) in [6.07, 6.45) is 1.17. The Bertz CT molecular complexity index is 570. The highest BCUT2D eigenvalue weighted by Crippen LogP contribution is 2.22. The van der Waals surface area contributed by atoms with E-state index < -0.39 is 5.91 Å². The van der Waals surface area contributed by atoms with Crippen molar-refractivity contribution in [1.29, 1.82) is 0 Å². The van der Waals surface area contributed by atoms with Gasteiger partial charge in [0.25, 0.3) is 0 Å². The minimum Gasteiger partial charge on any atom is -0.497 e. The molecule has 7 nitrogen and oxygen atoms in total. The number of ether oxygens (including phenoxy) is 2. The van der Waals surface area contributed by atoms with Gasteiger partial charge in [0.1, 0.15) is 17.9 Å². The van der Waals surface area contributed by atoms with Gasteiger partial charge in [0, 0.05) is 12.1 Å². The summed E-state index contributed by atoms with van der Waals surface area (Å²) < 4.78 is 10.3. The van der Waals surface area contributed by atoms with Gasteiger partial charge in [-0.1, -0.05) is 13.8 Å². The molecule has 0 atom stereocenters. The molecule has 0 unspecified atom stereocenters. The largest absolute Gasteiger partial charge is 0.497 e. The lowest BCUT2D eigenvalue weighted by Crippen LogP contribution is -2.32. The van der Waals surface area contributed by atoms with Crippen LogP contribution in [0.3, 0.4) is 0 Å². The molecule has 0 saturated carbocycles. The third-order valence-corrected chi connectivity index (χ3v) is 2.86. The zero-order chi connectivity index (χ0) is 17.2. The Morgan fingerprint density at radius 2 is 1.96 bits per heavy atom. The second kappa shape index (κ2) is 9.45. The summed E-state index contributed by atoms with van der Waals surface area (Å²) in [5.41, 5.74) is 2.96. The molecular formula is C16H23N3O4. The second-order valence-corrected chi connectivity index (χ2v) is 5.28. The molecule has 0 aliphatic heterocycles. The smallest absolute Gasteiger partial charge is 0.249 e. The number of nitrogens with zero attached hydrogens (tertiary/aromatic N) is 1. The standard InChI is InChI=1S/C16H23N3O4/c1-11(2)9-17-15(20)8-16(21)19-18-10-12-7-13(22-3)5-6-14(12)23-4/h5-7,10-11H,8-9H2,1-4H3,(H,17,20)(H,19,21)/b18-10-. The Morgan fingerprint density at radius 3 is 2.57 bits per heavy atom. The predicted octanol–water partition coefficient (Wildman–Crippen LogP) is 1.32. The van der Waals surface area contributed by atoms with E-state index in [1.165, 1.54) is 13.3 Å². The van der Waals surface area contributed by atoms with Crippen LogP contribution in [0.2, 0.25) is 0 Å². The molecule has 23 heavy (non-hydrogen) atoms.